The van der Waals surface area contributed by atoms with Crippen molar-refractivity contribution in [1.82, 2.24) is 20.2 Å². The molecule has 2 fully saturated rings. The van der Waals surface area contributed by atoms with E-state index in [0.717, 1.165) is 4.90 Å². The van der Waals surface area contributed by atoms with Gasteiger partial charge in [0.2, 0.25) is 17.4 Å². The van der Waals surface area contributed by atoms with Gasteiger partial charge < -0.3 is 26.0 Å². The van der Waals surface area contributed by atoms with Crippen molar-refractivity contribution >= 4 is 23.6 Å². The van der Waals surface area contributed by atoms with Gasteiger partial charge in [-0.15, -0.1) is 0 Å². The number of H-pyrrole nitrogens is 1. The number of hydrogen-bond acceptors (Lipinski definition) is 6. The van der Waals surface area contributed by atoms with Gasteiger partial charge in [0.05, 0.1) is 24.1 Å². The molecule has 3 unspecified atom stereocenters. The highest BCUT2D eigenvalue weighted by Crippen LogP contribution is 2.34. The first-order valence-corrected chi connectivity index (χ1v) is 8.48. The third-order valence-electron chi connectivity index (χ3n) is 5.02. The molecule has 5 N–H and O–H groups in total. The molecule has 140 valence electrons. The maximum Gasteiger partial charge on any atom is 0.337 e. The number of aliphatic carboxylic acids is 1. The van der Waals surface area contributed by atoms with E-state index in [-0.39, 0.29) is 38.1 Å². The van der Waals surface area contributed by atoms with E-state index < -0.39 is 35.3 Å². The summed E-state index contributed by atoms with van der Waals surface area (Å²) in [5, 5.41) is 12.3. The summed E-state index contributed by atoms with van der Waals surface area (Å²) in [6, 6.07) is -1.91. The number of nitrogens with zero attached hydrogens (tertiary/aromatic N) is 2. The second-order valence-electron chi connectivity index (χ2n) is 6.65. The summed E-state index contributed by atoms with van der Waals surface area (Å²) in [6.45, 7) is 0.131. The Hall–Kier alpha value is -2.75. The number of rotatable bonds is 6. The van der Waals surface area contributed by atoms with Gasteiger partial charge in [-0.05, 0) is 19.3 Å². The molecule has 10 heteroatoms. The molecule has 2 aliphatic heterocycles. The largest absolute Gasteiger partial charge is 0.479 e. The Balaban J connectivity index is 1.84. The molecule has 0 radical (unpaired) electrons. The minimum atomic E-state index is -1.98. The molecule has 2 saturated heterocycles. The van der Waals surface area contributed by atoms with Crippen molar-refractivity contribution in [2.24, 2.45) is 5.73 Å². The number of hydrogen-bond donors (Lipinski definition) is 4. The van der Waals surface area contributed by atoms with Gasteiger partial charge in [0, 0.05) is 25.6 Å². The van der Waals surface area contributed by atoms with E-state index in [4.69, 9.17) is 5.73 Å². The number of nitrogens with one attached hydrogen (secondary N) is 2. The molecule has 3 rings (SSSR count). The number of aromatic amines is 1. The molecule has 3 heterocycles. The van der Waals surface area contributed by atoms with Crippen LogP contribution < -0.4 is 11.1 Å². The molecule has 10 nitrogen and oxygen atoms in total. The lowest BCUT2D eigenvalue weighted by molar-refractivity contribution is -0.163. The zero-order valence-corrected chi connectivity index (χ0v) is 14.1. The predicted molar refractivity (Wildman–Crippen MR) is 87.8 cm³/mol. The van der Waals surface area contributed by atoms with Crippen molar-refractivity contribution in [3.8, 4) is 0 Å². The van der Waals surface area contributed by atoms with Crippen LogP contribution in [-0.2, 0) is 25.6 Å². The lowest BCUT2D eigenvalue weighted by atomic mass is 9.85. The maximum atomic E-state index is 13.0. The van der Waals surface area contributed by atoms with Crippen LogP contribution in [0.3, 0.4) is 0 Å². The van der Waals surface area contributed by atoms with Crippen molar-refractivity contribution < 1.29 is 24.3 Å². The van der Waals surface area contributed by atoms with E-state index >= 15 is 0 Å². The Labute approximate surface area is 149 Å². The normalized spacial score (nSPS) is 26.6. The van der Waals surface area contributed by atoms with Crippen molar-refractivity contribution in [1.29, 1.82) is 0 Å². The number of imidazole rings is 1. The van der Waals surface area contributed by atoms with Crippen LogP contribution in [0.2, 0.25) is 0 Å². The molecule has 0 saturated carbocycles. The first-order chi connectivity index (χ1) is 12.4. The zero-order chi connectivity index (χ0) is 18.9. The second kappa shape index (κ2) is 6.87. The molecule has 0 spiro atoms. The SMILES string of the molecule is NC(Cc1c[nH]cn1)C(=O)N1CCCC1(C(=O)O)C(=O)C1CCC(=O)N1. The van der Waals surface area contributed by atoms with Crippen LogP contribution >= 0.6 is 0 Å². The summed E-state index contributed by atoms with van der Waals surface area (Å²) >= 11 is 0. The van der Waals surface area contributed by atoms with Crippen LogP contribution in [0.1, 0.15) is 31.4 Å². The molecular formula is C16H21N5O5. The van der Waals surface area contributed by atoms with Crippen molar-refractivity contribution in [3.63, 3.8) is 0 Å². The standard InChI is InChI=1S/C16H21N5O5/c17-10(6-9-7-18-8-19-9)14(24)21-5-1-4-16(21,15(25)26)13(23)11-2-3-12(22)20-11/h7-8,10-11H,1-6,17H2,(H,18,19)(H,20,22)(H,25,26). The highest BCUT2D eigenvalue weighted by molar-refractivity contribution is 6.14. The minimum Gasteiger partial charge on any atom is -0.479 e. The number of nitrogens with two attached hydrogens (primary N) is 1. The van der Waals surface area contributed by atoms with Crippen LogP contribution in [0.5, 0.6) is 0 Å². The van der Waals surface area contributed by atoms with Crippen LogP contribution in [0.15, 0.2) is 12.5 Å². The number of carbonyl (C=O) groups excluding carboxylic acids is 3. The summed E-state index contributed by atoms with van der Waals surface area (Å²) in [5.41, 5.74) is 4.55. The molecular weight excluding hydrogens is 342 g/mol. The van der Waals surface area contributed by atoms with Gasteiger partial charge in [0.1, 0.15) is 0 Å². The van der Waals surface area contributed by atoms with Gasteiger partial charge in [-0.25, -0.2) is 9.78 Å². The van der Waals surface area contributed by atoms with E-state index in [2.05, 4.69) is 15.3 Å². The van der Waals surface area contributed by atoms with Crippen LogP contribution in [0.25, 0.3) is 0 Å². The highest BCUT2D eigenvalue weighted by Gasteiger charge is 2.58. The quantitative estimate of drug-likeness (QED) is 0.451. The van der Waals surface area contributed by atoms with Crippen LogP contribution in [0, 0.1) is 0 Å². The van der Waals surface area contributed by atoms with Gasteiger partial charge in [-0.1, -0.05) is 0 Å². The van der Waals surface area contributed by atoms with E-state index in [1.807, 2.05) is 0 Å². The third-order valence-corrected chi connectivity index (χ3v) is 5.02. The Morgan fingerprint density at radius 3 is 2.81 bits per heavy atom. The first kappa shape index (κ1) is 18.1. The van der Waals surface area contributed by atoms with Crippen molar-refractivity contribution in [3.05, 3.63) is 18.2 Å². The van der Waals surface area contributed by atoms with Crippen LogP contribution in [-0.4, -0.2) is 67.7 Å². The Morgan fingerprint density at radius 2 is 2.23 bits per heavy atom. The molecule has 1 aromatic rings. The fourth-order valence-corrected chi connectivity index (χ4v) is 3.72. The number of carboxylic acids is 1. The zero-order valence-electron chi connectivity index (χ0n) is 14.1. The lowest BCUT2D eigenvalue weighted by Crippen LogP contribution is -2.64. The number of likely N-dealkylation sites (tertiary alicyclic amines) is 1. The Morgan fingerprint density at radius 1 is 1.46 bits per heavy atom. The van der Waals surface area contributed by atoms with E-state index in [1.165, 1.54) is 6.33 Å². The molecule has 0 aliphatic carbocycles. The fourth-order valence-electron chi connectivity index (χ4n) is 3.72. The lowest BCUT2D eigenvalue weighted by Gasteiger charge is -2.36. The smallest absolute Gasteiger partial charge is 0.337 e. The first-order valence-electron chi connectivity index (χ1n) is 8.48. The van der Waals surface area contributed by atoms with E-state index in [9.17, 15) is 24.3 Å². The van der Waals surface area contributed by atoms with Crippen molar-refractivity contribution in [2.45, 2.75) is 49.7 Å². The number of Topliss-reactive ketones (excluding diaryl/α,β-unsaturated/α-hetero) is 1. The number of amides is 2. The maximum absolute atomic E-state index is 13.0. The third kappa shape index (κ3) is 2.96. The predicted octanol–water partition coefficient (Wildman–Crippen LogP) is -1.43. The average molecular weight is 363 g/mol. The summed E-state index contributed by atoms with van der Waals surface area (Å²) < 4.78 is 0. The molecule has 0 bridgehead atoms. The molecule has 3 atom stereocenters. The van der Waals surface area contributed by atoms with Gasteiger partial charge in [0.15, 0.2) is 5.78 Å². The summed E-state index contributed by atoms with van der Waals surface area (Å²) in [5.74, 6) is -2.95. The topological polar surface area (TPSA) is 158 Å². The van der Waals surface area contributed by atoms with Crippen molar-refractivity contribution in [2.75, 3.05) is 6.54 Å². The minimum absolute atomic E-state index is 0.00834. The Bertz CT molecular complexity index is 733. The molecule has 2 amide bonds. The monoisotopic (exact) mass is 363 g/mol. The second-order valence-corrected chi connectivity index (χ2v) is 6.65. The molecule has 26 heavy (non-hydrogen) atoms. The molecule has 2 aliphatic rings. The number of carbonyl (C=O) groups is 4. The van der Waals surface area contributed by atoms with Gasteiger partial charge in [0.25, 0.3) is 0 Å². The summed E-state index contributed by atoms with van der Waals surface area (Å²) in [7, 11) is 0. The number of carboxylic acid groups (broad SMARTS) is 1. The van der Waals surface area contributed by atoms with Gasteiger partial charge in [-0.3, -0.25) is 14.4 Å². The average Bonchev–Trinajstić information content (AvgIpc) is 3.33. The van der Waals surface area contributed by atoms with E-state index in [1.54, 1.807) is 6.20 Å². The highest BCUT2D eigenvalue weighted by atomic mass is 16.4. The number of ketones is 1. The molecule has 1 aromatic heterocycles. The summed E-state index contributed by atoms with van der Waals surface area (Å²) in [6.07, 6.45) is 3.96. The van der Waals surface area contributed by atoms with Gasteiger partial charge in [-0.2, -0.15) is 0 Å². The molecule has 0 aromatic carbocycles. The summed E-state index contributed by atoms with van der Waals surface area (Å²) in [4.78, 5) is 57.1. The van der Waals surface area contributed by atoms with Gasteiger partial charge >= 0.3 is 5.97 Å². The number of aromatic nitrogens is 2. The fraction of sp³-hybridized carbons (Fsp3) is 0.562. The Kier molecular flexibility index (Phi) is 4.77. The van der Waals surface area contributed by atoms with Crippen LogP contribution in [0.4, 0.5) is 0 Å². The van der Waals surface area contributed by atoms with E-state index in [0.29, 0.717) is 12.1 Å².